The molecule has 0 unspecified atom stereocenters. The molecule has 154 valence electrons. The predicted octanol–water partition coefficient (Wildman–Crippen LogP) is 4.06. The number of primary amides is 1. The molecule has 0 radical (unpaired) electrons. The van der Waals surface area contributed by atoms with E-state index >= 15 is 0 Å². The molecule has 0 aliphatic heterocycles. The Balaban J connectivity index is 1.72. The summed E-state index contributed by atoms with van der Waals surface area (Å²) in [5.74, 6) is -0.755. The number of aliphatic carboxylic acids is 1. The summed E-state index contributed by atoms with van der Waals surface area (Å²) in [7, 11) is 0. The number of amides is 1. The van der Waals surface area contributed by atoms with Crippen LogP contribution in [0.15, 0.2) is 54.6 Å². The predicted molar refractivity (Wildman–Crippen MR) is 114 cm³/mol. The highest BCUT2D eigenvalue weighted by molar-refractivity contribution is 5.94. The lowest BCUT2D eigenvalue weighted by atomic mass is 9.96. The number of carboxylic acids is 1. The molecule has 3 aromatic rings. The minimum Gasteiger partial charge on any atom is -0.481 e. The maximum absolute atomic E-state index is 11.5. The zero-order valence-electron chi connectivity index (χ0n) is 17.0. The van der Waals surface area contributed by atoms with Crippen molar-refractivity contribution >= 4 is 11.9 Å². The van der Waals surface area contributed by atoms with E-state index < -0.39 is 11.9 Å². The van der Waals surface area contributed by atoms with Crippen LogP contribution in [0.1, 0.15) is 39.0 Å². The van der Waals surface area contributed by atoms with Gasteiger partial charge in [-0.25, -0.2) is 4.98 Å². The standard InChI is InChI=1S/C24H24N2O4/c1-15-12-19(24(25)29)13-16(2)23(15)20-4-3-5-21(26-20)30-14-18-8-6-17(7-9-18)10-11-22(27)28/h3-9,12-13H,10-11,14H2,1-2H3,(H2,25,29)(H,27,28). The van der Waals surface area contributed by atoms with Crippen molar-refractivity contribution in [1.82, 2.24) is 4.98 Å². The van der Waals surface area contributed by atoms with E-state index in [9.17, 15) is 9.59 Å². The number of aryl methyl sites for hydroxylation is 3. The quantitative estimate of drug-likeness (QED) is 0.589. The van der Waals surface area contributed by atoms with Gasteiger partial charge in [-0.1, -0.05) is 30.3 Å². The van der Waals surface area contributed by atoms with Crippen LogP contribution < -0.4 is 10.5 Å². The molecule has 6 nitrogen and oxygen atoms in total. The minimum absolute atomic E-state index is 0.117. The second kappa shape index (κ2) is 9.22. The van der Waals surface area contributed by atoms with Gasteiger partial charge in [0.1, 0.15) is 6.61 Å². The zero-order chi connectivity index (χ0) is 21.7. The van der Waals surface area contributed by atoms with Crippen LogP contribution in [0.4, 0.5) is 0 Å². The minimum atomic E-state index is -0.803. The van der Waals surface area contributed by atoms with Crippen LogP contribution >= 0.6 is 0 Å². The smallest absolute Gasteiger partial charge is 0.303 e. The first-order valence-electron chi connectivity index (χ1n) is 9.64. The number of hydrogen-bond acceptors (Lipinski definition) is 4. The summed E-state index contributed by atoms with van der Waals surface area (Å²) < 4.78 is 5.85. The molecule has 0 spiro atoms. The summed E-state index contributed by atoms with van der Waals surface area (Å²) in [5, 5.41) is 8.77. The first-order valence-corrected chi connectivity index (χ1v) is 9.64. The monoisotopic (exact) mass is 404 g/mol. The van der Waals surface area contributed by atoms with Crippen molar-refractivity contribution in [2.75, 3.05) is 0 Å². The summed E-state index contributed by atoms with van der Waals surface area (Å²) in [6.45, 7) is 4.21. The average Bonchev–Trinajstić information content (AvgIpc) is 2.71. The van der Waals surface area contributed by atoms with E-state index in [0.29, 0.717) is 24.5 Å². The number of carbonyl (C=O) groups excluding carboxylic acids is 1. The largest absolute Gasteiger partial charge is 0.481 e. The highest BCUT2D eigenvalue weighted by Crippen LogP contribution is 2.28. The Morgan fingerprint density at radius 3 is 2.23 bits per heavy atom. The lowest BCUT2D eigenvalue weighted by Crippen LogP contribution is -2.11. The first-order chi connectivity index (χ1) is 14.3. The van der Waals surface area contributed by atoms with Crippen LogP contribution in [0.5, 0.6) is 5.88 Å². The average molecular weight is 404 g/mol. The van der Waals surface area contributed by atoms with Gasteiger partial charge in [-0.3, -0.25) is 9.59 Å². The summed E-state index contributed by atoms with van der Waals surface area (Å²) in [6, 6.07) is 16.8. The van der Waals surface area contributed by atoms with Gasteiger partial charge in [0, 0.05) is 23.6 Å². The number of aromatic nitrogens is 1. The topological polar surface area (TPSA) is 103 Å². The van der Waals surface area contributed by atoms with Gasteiger partial charge in [0.15, 0.2) is 0 Å². The van der Waals surface area contributed by atoms with Crippen LogP contribution in [-0.4, -0.2) is 22.0 Å². The van der Waals surface area contributed by atoms with Crippen molar-refractivity contribution in [2.24, 2.45) is 5.73 Å². The zero-order valence-corrected chi connectivity index (χ0v) is 17.0. The Kier molecular flexibility index (Phi) is 6.47. The summed E-state index contributed by atoms with van der Waals surface area (Å²) >= 11 is 0. The molecule has 2 aromatic carbocycles. The van der Waals surface area contributed by atoms with Crippen LogP contribution in [0, 0.1) is 13.8 Å². The van der Waals surface area contributed by atoms with Gasteiger partial charge in [-0.2, -0.15) is 0 Å². The van der Waals surface area contributed by atoms with Gasteiger partial charge in [0.25, 0.3) is 0 Å². The molecular formula is C24H24N2O4. The summed E-state index contributed by atoms with van der Waals surface area (Å²) in [5.41, 5.74) is 11.4. The van der Waals surface area contributed by atoms with Crippen LogP contribution in [0.3, 0.4) is 0 Å². The molecule has 1 heterocycles. The third kappa shape index (κ3) is 5.23. The summed E-state index contributed by atoms with van der Waals surface area (Å²) in [6.07, 6.45) is 0.624. The highest BCUT2D eigenvalue weighted by atomic mass is 16.5. The van der Waals surface area contributed by atoms with E-state index in [4.69, 9.17) is 15.6 Å². The molecule has 6 heteroatoms. The molecule has 0 aliphatic carbocycles. The fourth-order valence-corrected chi connectivity index (χ4v) is 3.35. The van der Waals surface area contributed by atoms with Crippen molar-refractivity contribution in [1.29, 1.82) is 0 Å². The molecule has 0 aliphatic rings. The fraction of sp³-hybridized carbons (Fsp3) is 0.208. The Morgan fingerprint density at radius 2 is 1.63 bits per heavy atom. The van der Waals surface area contributed by atoms with Crippen molar-refractivity contribution < 1.29 is 19.4 Å². The third-order valence-corrected chi connectivity index (χ3v) is 4.83. The van der Waals surface area contributed by atoms with Gasteiger partial charge in [-0.05, 0) is 60.7 Å². The Morgan fingerprint density at radius 1 is 1.00 bits per heavy atom. The number of ether oxygens (including phenoxy) is 1. The lowest BCUT2D eigenvalue weighted by molar-refractivity contribution is -0.136. The maximum atomic E-state index is 11.5. The molecule has 0 bridgehead atoms. The molecule has 0 saturated carbocycles. The van der Waals surface area contributed by atoms with Crippen LogP contribution in [0.25, 0.3) is 11.3 Å². The van der Waals surface area contributed by atoms with E-state index in [1.807, 2.05) is 50.2 Å². The van der Waals surface area contributed by atoms with Gasteiger partial charge in [0.05, 0.1) is 5.69 Å². The van der Waals surface area contributed by atoms with Gasteiger partial charge in [0.2, 0.25) is 11.8 Å². The molecule has 0 saturated heterocycles. The first kappa shape index (κ1) is 21.0. The van der Waals surface area contributed by atoms with Crippen molar-refractivity contribution in [3.63, 3.8) is 0 Å². The molecule has 1 aromatic heterocycles. The van der Waals surface area contributed by atoms with Crippen LogP contribution in [0.2, 0.25) is 0 Å². The molecule has 1 amide bonds. The number of carboxylic acid groups (broad SMARTS) is 1. The number of nitrogens with two attached hydrogens (primary N) is 1. The second-order valence-corrected chi connectivity index (χ2v) is 7.21. The molecular weight excluding hydrogens is 380 g/mol. The van der Waals surface area contributed by atoms with E-state index in [0.717, 1.165) is 33.5 Å². The van der Waals surface area contributed by atoms with Crippen molar-refractivity contribution in [3.8, 4) is 17.1 Å². The second-order valence-electron chi connectivity index (χ2n) is 7.21. The Hall–Kier alpha value is -3.67. The molecule has 3 rings (SSSR count). The number of benzene rings is 2. The Labute approximate surface area is 175 Å². The number of carbonyl (C=O) groups is 2. The van der Waals surface area contributed by atoms with Gasteiger partial charge >= 0.3 is 5.97 Å². The van der Waals surface area contributed by atoms with E-state index in [2.05, 4.69) is 4.98 Å². The maximum Gasteiger partial charge on any atom is 0.303 e. The van der Waals surface area contributed by atoms with Crippen molar-refractivity contribution in [2.45, 2.75) is 33.3 Å². The van der Waals surface area contributed by atoms with Gasteiger partial charge in [-0.15, -0.1) is 0 Å². The Bertz CT molecular complexity index is 1050. The van der Waals surface area contributed by atoms with E-state index in [-0.39, 0.29) is 6.42 Å². The van der Waals surface area contributed by atoms with Gasteiger partial charge < -0.3 is 15.6 Å². The normalized spacial score (nSPS) is 10.6. The number of hydrogen-bond donors (Lipinski definition) is 2. The van der Waals surface area contributed by atoms with Crippen molar-refractivity contribution in [3.05, 3.63) is 82.4 Å². The molecule has 0 atom stereocenters. The molecule has 30 heavy (non-hydrogen) atoms. The van der Waals surface area contributed by atoms with Crippen LogP contribution in [-0.2, 0) is 17.8 Å². The highest BCUT2D eigenvalue weighted by Gasteiger charge is 2.12. The van der Waals surface area contributed by atoms with E-state index in [1.165, 1.54) is 0 Å². The fourth-order valence-electron chi connectivity index (χ4n) is 3.35. The third-order valence-electron chi connectivity index (χ3n) is 4.83. The number of nitrogens with zero attached hydrogens (tertiary/aromatic N) is 1. The summed E-state index contributed by atoms with van der Waals surface area (Å²) in [4.78, 5) is 26.8. The van der Waals surface area contributed by atoms with E-state index in [1.54, 1.807) is 18.2 Å². The SMILES string of the molecule is Cc1cc(C(N)=O)cc(C)c1-c1cccc(OCc2ccc(CCC(=O)O)cc2)n1. The number of pyridine rings is 1. The molecule has 3 N–H and O–H groups in total. The lowest BCUT2D eigenvalue weighted by Gasteiger charge is -2.13. The molecule has 0 fully saturated rings. The number of rotatable bonds is 8.